The number of hydrogen-bond donors (Lipinski definition) is 0. The third kappa shape index (κ3) is 2.84. The van der Waals surface area contributed by atoms with Crippen LogP contribution in [0.15, 0.2) is 40.7 Å². The molecular formula is C21H25N5O4. The maximum atomic E-state index is 13.3. The number of carbonyl (C=O) groups excluding carboxylic acids is 3. The van der Waals surface area contributed by atoms with Gasteiger partial charge in [-0.05, 0) is 45.4 Å². The number of hydrogen-bond acceptors (Lipinski definition) is 7. The van der Waals surface area contributed by atoms with Crippen LogP contribution in [0.3, 0.4) is 0 Å². The number of benzene rings is 1. The molecule has 1 aromatic rings. The van der Waals surface area contributed by atoms with Crippen molar-refractivity contribution in [3.05, 3.63) is 41.2 Å². The average molecular weight is 411 g/mol. The van der Waals surface area contributed by atoms with Crippen LogP contribution < -0.4 is 4.90 Å². The largest absolute Gasteiger partial charge is 0.465 e. The number of likely N-dealkylation sites (N-methyl/N-ethyl adjacent to an activating group) is 1. The van der Waals surface area contributed by atoms with Crippen molar-refractivity contribution >= 4 is 29.6 Å². The Balaban J connectivity index is 1.71. The number of esters is 1. The first-order chi connectivity index (χ1) is 14.3. The van der Waals surface area contributed by atoms with E-state index in [2.05, 4.69) is 6.07 Å². The third-order valence-corrected chi connectivity index (χ3v) is 5.75. The molecule has 4 rings (SSSR count). The molecule has 1 fully saturated rings. The van der Waals surface area contributed by atoms with Gasteiger partial charge >= 0.3 is 12.0 Å². The van der Waals surface area contributed by atoms with Crippen LogP contribution in [0.5, 0.6) is 0 Å². The van der Waals surface area contributed by atoms with E-state index < -0.39 is 36.7 Å². The molecule has 2 atom stereocenters. The number of imide groups is 1. The van der Waals surface area contributed by atoms with E-state index in [-0.39, 0.29) is 6.61 Å². The number of aliphatic imine (C=N–C) groups is 1. The molecule has 1 saturated heterocycles. The van der Waals surface area contributed by atoms with Gasteiger partial charge in [0.15, 0.2) is 12.2 Å². The molecule has 2 unspecified atom stereocenters. The summed E-state index contributed by atoms with van der Waals surface area (Å²) in [5.41, 5.74) is 3.89. The highest BCUT2D eigenvalue weighted by molar-refractivity contribution is 6.11. The van der Waals surface area contributed by atoms with Crippen LogP contribution in [-0.2, 0) is 14.3 Å². The smallest absolute Gasteiger partial charge is 0.328 e. The fourth-order valence-corrected chi connectivity index (χ4v) is 4.17. The number of allylic oxidation sites excluding steroid dienone is 2. The molecule has 3 amide bonds. The number of nitrogens with zero attached hydrogens (tertiary/aromatic N) is 5. The molecule has 0 saturated carbocycles. The lowest BCUT2D eigenvalue weighted by Crippen LogP contribution is -2.65. The number of amides is 3. The zero-order valence-corrected chi connectivity index (χ0v) is 17.7. The number of carbonyl (C=O) groups is 3. The molecule has 0 aromatic heterocycles. The summed E-state index contributed by atoms with van der Waals surface area (Å²) in [5.74, 6) is -0.457. The number of rotatable bonds is 4. The van der Waals surface area contributed by atoms with E-state index in [4.69, 9.17) is 9.73 Å². The molecule has 9 nitrogen and oxygen atoms in total. The first kappa shape index (κ1) is 19.9. The number of anilines is 1. The Morgan fingerprint density at radius 2 is 1.90 bits per heavy atom. The van der Waals surface area contributed by atoms with Gasteiger partial charge in [0, 0.05) is 24.1 Å². The fourth-order valence-electron chi connectivity index (χ4n) is 4.17. The van der Waals surface area contributed by atoms with Crippen molar-refractivity contribution in [1.82, 2.24) is 14.7 Å². The van der Waals surface area contributed by atoms with Crippen molar-refractivity contribution in [2.24, 2.45) is 4.99 Å². The lowest BCUT2D eigenvalue weighted by Gasteiger charge is -2.40. The van der Waals surface area contributed by atoms with Crippen LogP contribution in [0, 0.1) is 6.92 Å². The van der Waals surface area contributed by atoms with Gasteiger partial charge in [-0.1, -0.05) is 12.1 Å². The zero-order valence-electron chi connectivity index (χ0n) is 17.7. The number of ether oxygens (including phenoxy) is 1. The Hall–Kier alpha value is -3.36. The second-order valence-corrected chi connectivity index (χ2v) is 7.63. The van der Waals surface area contributed by atoms with E-state index in [1.165, 1.54) is 4.90 Å². The minimum atomic E-state index is -0.720. The zero-order chi connectivity index (χ0) is 21.7. The molecule has 0 bridgehead atoms. The van der Waals surface area contributed by atoms with E-state index in [9.17, 15) is 14.4 Å². The first-order valence-corrected chi connectivity index (χ1v) is 9.91. The predicted octanol–water partition coefficient (Wildman–Crippen LogP) is 1.89. The highest BCUT2D eigenvalue weighted by Gasteiger charge is 2.56. The molecule has 158 valence electrons. The van der Waals surface area contributed by atoms with E-state index in [1.54, 1.807) is 14.0 Å². The summed E-state index contributed by atoms with van der Waals surface area (Å²) in [6.07, 6.45) is -0.659. The van der Waals surface area contributed by atoms with Crippen LogP contribution in [0.1, 0.15) is 26.3 Å². The SMILES string of the molecule is CCOC(=O)CN1C(=O)C2C(N=C3N(c4cccc(C)c4)C(C)=C(C)N32)N(C)C1=O. The molecule has 0 N–H and O–H groups in total. The van der Waals surface area contributed by atoms with Crippen LogP contribution in [0.4, 0.5) is 10.5 Å². The summed E-state index contributed by atoms with van der Waals surface area (Å²) < 4.78 is 4.94. The van der Waals surface area contributed by atoms with Gasteiger partial charge in [-0.15, -0.1) is 0 Å². The Morgan fingerprint density at radius 3 is 2.57 bits per heavy atom. The fraction of sp³-hybridized carbons (Fsp3) is 0.429. The lowest BCUT2D eigenvalue weighted by atomic mass is 10.1. The highest BCUT2D eigenvalue weighted by Crippen LogP contribution is 2.40. The Kier molecular flexibility index (Phi) is 4.76. The maximum absolute atomic E-state index is 13.3. The number of urea groups is 1. The molecule has 3 aliphatic heterocycles. The number of aryl methyl sites for hydroxylation is 1. The Bertz CT molecular complexity index is 1000. The molecule has 0 spiro atoms. The Morgan fingerprint density at radius 1 is 1.17 bits per heavy atom. The summed E-state index contributed by atoms with van der Waals surface area (Å²) in [6, 6.07) is 6.75. The summed E-state index contributed by atoms with van der Waals surface area (Å²) in [6.45, 7) is 7.38. The van der Waals surface area contributed by atoms with Gasteiger partial charge in [0.05, 0.1) is 6.61 Å². The van der Waals surface area contributed by atoms with E-state index in [0.717, 1.165) is 27.5 Å². The second-order valence-electron chi connectivity index (χ2n) is 7.63. The topological polar surface area (TPSA) is 85.8 Å². The Labute approximate surface area is 175 Å². The first-order valence-electron chi connectivity index (χ1n) is 9.91. The van der Waals surface area contributed by atoms with Crippen molar-refractivity contribution in [2.75, 3.05) is 25.1 Å². The minimum Gasteiger partial charge on any atom is -0.465 e. The quantitative estimate of drug-likeness (QED) is 0.704. The monoisotopic (exact) mass is 411 g/mol. The van der Waals surface area contributed by atoms with Crippen molar-refractivity contribution in [2.45, 2.75) is 39.9 Å². The predicted molar refractivity (Wildman–Crippen MR) is 110 cm³/mol. The average Bonchev–Trinajstić information content (AvgIpc) is 3.19. The van der Waals surface area contributed by atoms with Crippen LogP contribution in [0.25, 0.3) is 0 Å². The van der Waals surface area contributed by atoms with Gasteiger partial charge in [-0.3, -0.25) is 24.3 Å². The summed E-state index contributed by atoms with van der Waals surface area (Å²) >= 11 is 0. The molecule has 30 heavy (non-hydrogen) atoms. The maximum Gasteiger partial charge on any atom is 0.328 e. The van der Waals surface area contributed by atoms with Crippen molar-refractivity contribution in [1.29, 1.82) is 0 Å². The van der Waals surface area contributed by atoms with Crippen LogP contribution >= 0.6 is 0 Å². The molecular weight excluding hydrogens is 386 g/mol. The summed E-state index contributed by atoms with van der Waals surface area (Å²) in [4.78, 5) is 49.1. The van der Waals surface area contributed by atoms with Crippen LogP contribution in [-0.4, -0.2) is 71.0 Å². The molecule has 9 heteroatoms. The number of fused-ring (bicyclic) bond motifs is 3. The molecule has 0 aliphatic carbocycles. The minimum absolute atomic E-state index is 0.183. The normalized spacial score (nSPS) is 23.2. The molecule has 1 aromatic carbocycles. The molecule has 3 heterocycles. The van der Waals surface area contributed by atoms with Gasteiger partial charge in [0.2, 0.25) is 5.96 Å². The van der Waals surface area contributed by atoms with Crippen LogP contribution in [0.2, 0.25) is 0 Å². The summed E-state index contributed by atoms with van der Waals surface area (Å²) in [7, 11) is 1.60. The van der Waals surface area contributed by atoms with Gasteiger partial charge in [0.1, 0.15) is 6.54 Å². The van der Waals surface area contributed by atoms with E-state index in [0.29, 0.717) is 5.96 Å². The van der Waals surface area contributed by atoms with Gasteiger partial charge < -0.3 is 9.64 Å². The van der Waals surface area contributed by atoms with E-state index >= 15 is 0 Å². The van der Waals surface area contributed by atoms with Gasteiger partial charge in [-0.2, -0.15) is 0 Å². The van der Waals surface area contributed by atoms with Gasteiger partial charge in [0.25, 0.3) is 5.91 Å². The summed E-state index contributed by atoms with van der Waals surface area (Å²) in [5, 5.41) is 0. The van der Waals surface area contributed by atoms with Crippen molar-refractivity contribution in [3.8, 4) is 0 Å². The molecule has 0 radical (unpaired) electrons. The lowest BCUT2D eigenvalue weighted by molar-refractivity contribution is -0.150. The standard InChI is InChI=1S/C21H25N5O4/c1-6-30-16(27)11-24-19(28)17-18(23(5)21(24)29)22-20-25(13(3)14(4)26(17)20)15-9-7-8-12(2)10-15/h7-10,17-18H,6,11H2,1-5H3. The van der Waals surface area contributed by atoms with Gasteiger partial charge in [-0.25, -0.2) is 9.79 Å². The van der Waals surface area contributed by atoms with Crippen molar-refractivity contribution in [3.63, 3.8) is 0 Å². The second kappa shape index (κ2) is 7.16. The molecule has 3 aliphatic rings. The van der Waals surface area contributed by atoms with Crippen molar-refractivity contribution < 1.29 is 19.1 Å². The van der Waals surface area contributed by atoms with E-state index in [1.807, 2.05) is 48.8 Å². The number of guanidine groups is 1. The third-order valence-electron chi connectivity index (χ3n) is 5.75. The highest BCUT2D eigenvalue weighted by atomic mass is 16.5.